The minimum Gasteiger partial charge on any atom is -0.387 e. The number of aromatic nitrogens is 6. The molecular weight excluding hydrogens is 845 g/mol. The van der Waals surface area contributed by atoms with E-state index < -0.39 is 103 Å². The monoisotopic (exact) mass is 882 g/mol. The molecular formula is C27H37N10O18P3. The maximum Gasteiger partial charge on any atom is 0.490 e. The lowest BCUT2D eigenvalue weighted by Crippen LogP contribution is -2.34. The summed E-state index contributed by atoms with van der Waals surface area (Å²) in [7, 11) is -17.4. The molecule has 4 aliphatic heterocycles. The number of nitrogens with zero attached hydrogens (tertiary/aromatic N) is 6. The first-order chi connectivity index (χ1) is 27.0. The number of nitrogens with one attached hydrogen (secondary N) is 2. The Morgan fingerprint density at radius 3 is 2.24 bits per heavy atom. The average Bonchev–Trinajstić information content (AvgIpc) is 3.86. The number of aliphatic imine (C=N–C) groups is 1. The fraction of sp³-hybridized carbons (Fsp3) is 0.519. The predicted octanol–water partition coefficient (Wildman–Crippen LogP) is -1.52. The number of anilines is 1. The highest BCUT2D eigenvalue weighted by Gasteiger charge is 2.57. The Bertz CT molecular complexity index is 2460. The number of nitrogens with two attached hydrogens (primary N) is 2. The number of fused-ring (bicyclic) bond motifs is 3. The standard InChI is InChI=1S/C27H37N10O18P3/c1-5-6-35-14-20(33-25(29)34-21(14)40)37(26(35)41)23-18-17(52-27(3,4)53-18)12(51-23)8-49-57(44,45)55-58(46,47)54-56(42,43)48-7-11-15(38)16(39)22(50-11)36-9-30-13-10(2)31-24(28)32-19(13)36/h5,9,11-12,15-18,22-23,38-39H,1-2,6-8H2,3-4H3,(H,42,43)(H,44,45)(H,46,47)(H3,28,31,32)(H3,29,33,34,40)/t11?,12-,15-,16-,17-,18-,22-,23?/m1/s1. The summed E-state index contributed by atoms with van der Waals surface area (Å²) in [5, 5.41) is 23.9. The number of ether oxygens (including phenoxy) is 4. The summed E-state index contributed by atoms with van der Waals surface area (Å²) in [5.41, 5.74) is 10.1. The second kappa shape index (κ2) is 15.0. The van der Waals surface area contributed by atoms with Crippen LogP contribution in [0, 0.1) is 0 Å². The summed E-state index contributed by atoms with van der Waals surface area (Å²) in [4.78, 5) is 71.7. The number of nitrogen functional groups attached to an aromatic ring is 1. The zero-order valence-electron chi connectivity index (χ0n) is 30.0. The molecule has 11 N–H and O–H groups in total. The van der Waals surface area contributed by atoms with Crippen molar-refractivity contribution in [2.24, 2.45) is 10.7 Å². The van der Waals surface area contributed by atoms with E-state index in [4.69, 9.17) is 34.9 Å². The van der Waals surface area contributed by atoms with Gasteiger partial charge in [-0.3, -0.25) is 28.0 Å². The number of allylic oxidation sites excluding steroid dienone is 1. The Balaban J connectivity index is 0.998. The zero-order chi connectivity index (χ0) is 42.3. The van der Waals surface area contributed by atoms with E-state index in [-0.39, 0.29) is 46.8 Å². The van der Waals surface area contributed by atoms with Gasteiger partial charge in [-0.1, -0.05) is 12.7 Å². The van der Waals surface area contributed by atoms with Crippen molar-refractivity contribution in [3.63, 3.8) is 0 Å². The molecule has 0 amide bonds. The molecule has 0 aliphatic carbocycles. The van der Waals surface area contributed by atoms with E-state index in [1.807, 2.05) is 0 Å². The summed E-state index contributed by atoms with van der Waals surface area (Å²) >= 11 is 0. The first-order valence-corrected chi connectivity index (χ1v) is 21.2. The topological polar surface area (TPSA) is 393 Å². The summed E-state index contributed by atoms with van der Waals surface area (Å²) in [6.45, 7) is 8.27. The fourth-order valence-corrected chi connectivity index (χ4v) is 10.2. The van der Waals surface area contributed by atoms with Crippen LogP contribution in [0.15, 0.2) is 40.1 Å². The van der Waals surface area contributed by atoms with Crippen molar-refractivity contribution in [3.05, 3.63) is 52.1 Å². The first kappa shape index (κ1) is 42.2. The highest BCUT2D eigenvalue weighted by Crippen LogP contribution is 2.68. The molecule has 318 valence electrons. The molecule has 3 aromatic heterocycles. The molecule has 3 saturated heterocycles. The van der Waals surface area contributed by atoms with Crippen molar-refractivity contribution in [2.45, 2.75) is 75.3 Å². The van der Waals surface area contributed by atoms with Crippen LogP contribution in [0.3, 0.4) is 0 Å². The van der Waals surface area contributed by atoms with E-state index >= 15 is 0 Å². The van der Waals surface area contributed by atoms with E-state index in [9.17, 15) is 48.2 Å². The van der Waals surface area contributed by atoms with Crippen molar-refractivity contribution in [2.75, 3.05) is 18.9 Å². The van der Waals surface area contributed by atoms with Gasteiger partial charge in [0.2, 0.25) is 5.95 Å². The van der Waals surface area contributed by atoms with Crippen LogP contribution in [0.1, 0.15) is 32.0 Å². The summed E-state index contributed by atoms with van der Waals surface area (Å²) in [6, 6.07) is 0. The molecule has 0 bridgehead atoms. The quantitative estimate of drug-likeness (QED) is 0.0655. The SMILES string of the molecule is C=CCn1c(=O)n(C2O[C@H](COP(=O)(O)OP(=O)(O)OP(=O)(O)OCC3O[C@@H](n4cnc5c4N=C(N)NC5=C)[C@H](O)[C@@H]3O)[C@H]3OC(C)(C)O[C@@H]23)c2nc(N)[nH]c(=O)c21. The Labute approximate surface area is 324 Å². The number of guanidine groups is 1. The maximum atomic E-state index is 13.6. The molecule has 7 rings (SSSR count). The Hall–Kier alpha value is -3.92. The van der Waals surface area contributed by atoms with Gasteiger partial charge in [0.15, 0.2) is 41.2 Å². The first-order valence-electron chi connectivity index (χ1n) is 16.7. The number of H-pyrrole nitrogens is 1. The third-order valence-corrected chi connectivity index (χ3v) is 13.2. The van der Waals surface area contributed by atoms with Crippen molar-refractivity contribution in [3.8, 4) is 0 Å². The lowest BCUT2D eigenvalue weighted by molar-refractivity contribution is -0.199. The van der Waals surface area contributed by atoms with Gasteiger partial charge in [-0.15, -0.1) is 6.58 Å². The Morgan fingerprint density at radius 1 is 0.966 bits per heavy atom. The molecule has 58 heavy (non-hydrogen) atoms. The number of hydrogen-bond donors (Lipinski definition) is 9. The van der Waals surface area contributed by atoms with Crippen LogP contribution >= 0.6 is 23.5 Å². The van der Waals surface area contributed by atoms with Gasteiger partial charge in [0.25, 0.3) is 5.56 Å². The van der Waals surface area contributed by atoms with Crippen molar-refractivity contribution >= 4 is 58.1 Å². The van der Waals surface area contributed by atoms with Gasteiger partial charge in [-0.25, -0.2) is 28.0 Å². The third-order valence-electron chi connectivity index (χ3n) is 8.91. The minimum atomic E-state index is -6.00. The Morgan fingerprint density at radius 2 is 1.59 bits per heavy atom. The van der Waals surface area contributed by atoms with E-state index in [0.29, 0.717) is 0 Å². The zero-order valence-corrected chi connectivity index (χ0v) is 32.7. The van der Waals surface area contributed by atoms with E-state index in [2.05, 4.69) is 51.6 Å². The van der Waals surface area contributed by atoms with Gasteiger partial charge >= 0.3 is 29.2 Å². The molecule has 4 aliphatic rings. The van der Waals surface area contributed by atoms with Gasteiger partial charge in [0.05, 0.1) is 25.2 Å². The van der Waals surface area contributed by atoms with E-state index in [0.717, 1.165) is 9.13 Å². The van der Waals surface area contributed by atoms with Crippen LogP contribution < -0.4 is 28.0 Å². The molecule has 31 heteroatoms. The van der Waals surface area contributed by atoms with Gasteiger partial charge in [0.1, 0.15) is 42.3 Å². The molecule has 0 spiro atoms. The lowest BCUT2D eigenvalue weighted by atomic mass is 10.1. The van der Waals surface area contributed by atoms with E-state index in [1.165, 1.54) is 30.8 Å². The van der Waals surface area contributed by atoms with Gasteiger partial charge in [-0.2, -0.15) is 18.6 Å². The van der Waals surface area contributed by atoms with Crippen LogP contribution in [0.4, 0.5) is 11.8 Å². The van der Waals surface area contributed by atoms with Crippen molar-refractivity contribution in [1.82, 2.24) is 34.0 Å². The van der Waals surface area contributed by atoms with Crippen LogP contribution in [0.25, 0.3) is 16.9 Å². The maximum absolute atomic E-state index is 13.6. The summed E-state index contributed by atoms with van der Waals surface area (Å²) in [6.07, 6.45) is -8.90. The molecule has 3 fully saturated rings. The average molecular weight is 883 g/mol. The van der Waals surface area contributed by atoms with Gasteiger partial charge in [-0.05, 0) is 13.8 Å². The number of hydrogen-bond acceptors (Lipinski definition) is 21. The highest BCUT2D eigenvalue weighted by molar-refractivity contribution is 7.66. The molecule has 3 aromatic rings. The van der Waals surface area contributed by atoms with Gasteiger partial charge < -0.3 is 60.6 Å². The molecule has 0 saturated carbocycles. The number of aliphatic hydroxyl groups is 2. The molecule has 28 nitrogen and oxygen atoms in total. The second-order valence-corrected chi connectivity index (χ2v) is 18.1. The largest absolute Gasteiger partial charge is 0.490 e. The van der Waals surface area contributed by atoms with E-state index in [1.54, 1.807) is 0 Å². The van der Waals surface area contributed by atoms with Crippen LogP contribution in [-0.2, 0) is 56.9 Å². The van der Waals surface area contributed by atoms with Crippen molar-refractivity contribution in [1.29, 1.82) is 0 Å². The molecule has 0 aromatic carbocycles. The number of phosphoric acid groups is 3. The summed E-state index contributed by atoms with van der Waals surface area (Å²) in [5.74, 6) is -1.61. The van der Waals surface area contributed by atoms with Crippen molar-refractivity contribution < 1.29 is 75.2 Å². The number of phosphoric ester groups is 2. The van der Waals surface area contributed by atoms with Gasteiger partial charge in [0, 0.05) is 6.54 Å². The van der Waals surface area contributed by atoms with Crippen LogP contribution in [0.5, 0.6) is 0 Å². The minimum absolute atomic E-state index is 0.0588. The normalized spacial score (nSPS) is 30.9. The Kier molecular flexibility index (Phi) is 10.9. The number of rotatable bonds is 14. The molecule has 11 atom stereocenters. The second-order valence-electron chi connectivity index (χ2n) is 13.4. The lowest BCUT2D eigenvalue weighted by Gasteiger charge is -2.25. The molecule has 7 heterocycles. The smallest absolute Gasteiger partial charge is 0.387 e. The fourth-order valence-electron chi connectivity index (χ4n) is 6.70. The number of aliphatic hydroxyl groups excluding tert-OH is 2. The number of imidazole rings is 2. The predicted molar refractivity (Wildman–Crippen MR) is 192 cm³/mol. The molecule has 0 radical (unpaired) electrons. The van der Waals surface area contributed by atoms with Crippen LogP contribution in [0.2, 0.25) is 0 Å². The third kappa shape index (κ3) is 8.03. The number of aromatic amines is 1. The summed E-state index contributed by atoms with van der Waals surface area (Å²) < 4.78 is 82.8. The highest BCUT2D eigenvalue weighted by atomic mass is 31.3. The van der Waals surface area contributed by atoms with Crippen LogP contribution in [-0.4, -0.2) is 115 Å². The molecule has 5 unspecified atom stereocenters.